The van der Waals surface area contributed by atoms with Gasteiger partial charge < -0.3 is 10.1 Å². The fourth-order valence-electron chi connectivity index (χ4n) is 2.53. The highest BCUT2D eigenvalue weighted by molar-refractivity contribution is 7.92. The first-order valence-electron chi connectivity index (χ1n) is 9.00. The third-order valence-corrected chi connectivity index (χ3v) is 5.22. The Bertz CT molecular complexity index is 1090. The number of nitrogens with zero attached hydrogens (tertiary/aromatic N) is 2. The SMILES string of the molecule is CCCOc1cc(Nc2ccc(NS(=O)(=O)c3ccccc3F)cc2)nc(C)n1. The number of hydrogen-bond acceptors (Lipinski definition) is 6. The topological polar surface area (TPSA) is 93.2 Å². The Kier molecular flexibility index (Phi) is 6.28. The van der Waals surface area contributed by atoms with Gasteiger partial charge in [0.15, 0.2) is 0 Å². The molecule has 2 N–H and O–H groups in total. The molecular weight excluding hydrogens is 395 g/mol. The van der Waals surface area contributed by atoms with Gasteiger partial charge in [-0.2, -0.15) is 4.98 Å². The average Bonchev–Trinajstić information content (AvgIpc) is 2.67. The van der Waals surface area contributed by atoms with Crippen molar-refractivity contribution in [3.8, 4) is 5.88 Å². The molecule has 0 atom stereocenters. The van der Waals surface area contributed by atoms with Crippen LogP contribution in [-0.2, 0) is 10.0 Å². The number of nitrogens with one attached hydrogen (secondary N) is 2. The standard InChI is InChI=1S/C20H21FN4O3S/c1-3-12-28-20-13-19(22-14(2)23-20)24-15-8-10-16(11-9-15)25-29(26,27)18-7-5-4-6-17(18)21/h4-11,13,25H,3,12H2,1-2H3,(H,22,23,24). The second kappa shape index (κ2) is 8.87. The Labute approximate surface area is 169 Å². The van der Waals surface area contributed by atoms with Gasteiger partial charge in [0.1, 0.15) is 22.4 Å². The Hall–Kier alpha value is -3.20. The van der Waals surface area contributed by atoms with E-state index in [2.05, 4.69) is 20.0 Å². The first kappa shape index (κ1) is 20.5. The molecular formula is C20H21FN4O3S. The third kappa shape index (κ3) is 5.41. The molecule has 0 saturated heterocycles. The zero-order chi connectivity index (χ0) is 20.9. The average molecular weight is 416 g/mol. The fourth-order valence-corrected chi connectivity index (χ4v) is 3.67. The highest BCUT2D eigenvalue weighted by atomic mass is 32.2. The lowest BCUT2D eigenvalue weighted by Gasteiger charge is -2.11. The number of aromatic nitrogens is 2. The lowest BCUT2D eigenvalue weighted by atomic mass is 10.3. The van der Waals surface area contributed by atoms with Crippen LogP contribution in [0.3, 0.4) is 0 Å². The maximum atomic E-state index is 13.8. The number of hydrogen-bond donors (Lipinski definition) is 2. The zero-order valence-corrected chi connectivity index (χ0v) is 16.8. The minimum absolute atomic E-state index is 0.310. The minimum atomic E-state index is -4.02. The minimum Gasteiger partial charge on any atom is -0.478 e. The number of benzene rings is 2. The highest BCUT2D eigenvalue weighted by Gasteiger charge is 2.18. The molecule has 0 amide bonds. The van der Waals surface area contributed by atoms with Crippen LogP contribution in [0.1, 0.15) is 19.2 Å². The van der Waals surface area contributed by atoms with Crippen molar-refractivity contribution in [1.82, 2.24) is 9.97 Å². The molecule has 2 aromatic carbocycles. The summed E-state index contributed by atoms with van der Waals surface area (Å²) in [5.41, 5.74) is 1.00. The van der Waals surface area contributed by atoms with Crippen molar-refractivity contribution in [2.75, 3.05) is 16.6 Å². The largest absolute Gasteiger partial charge is 0.478 e. The van der Waals surface area contributed by atoms with Crippen LogP contribution in [0.5, 0.6) is 5.88 Å². The van der Waals surface area contributed by atoms with E-state index in [0.717, 1.165) is 12.5 Å². The van der Waals surface area contributed by atoms with Crippen LogP contribution in [-0.4, -0.2) is 25.0 Å². The van der Waals surface area contributed by atoms with Crippen molar-refractivity contribution in [1.29, 1.82) is 0 Å². The normalized spacial score (nSPS) is 11.1. The van der Waals surface area contributed by atoms with Gasteiger partial charge in [0, 0.05) is 17.4 Å². The molecule has 7 nitrogen and oxygen atoms in total. The molecule has 29 heavy (non-hydrogen) atoms. The van der Waals surface area contributed by atoms with Crippen LogP contribution in [0, 0.1) is 12.7 Å². The van der Waals surface area contributed by atoms with Gasteiger partial charge in [-0.3, -0.25) is 4.72 Å². The number of ether oxygens (including phenoxy) is 1. The van der Waals surface area contributed by atoms with E-state index in [0.29, 0.717) is 35.5 Å². The van der Waals surface area contributed by atoms with Crippen molar-refractivity contribution < 1.29 is 17.5 Å². The second-order valence-corrected chi connectivity index (χ2v) is 7.88. The van der Waals surface area contributed by atoms with Crippen molar-refractivity contribution in [2.24, 2.45) is 0 Å². The molecule has 3 rings (SSSR count). The molecule has 0 bridgehead atoms. The molecule has 0 saturated carbocycles. The first-order chi connectivity index (χ1) is 13.9. The fraction of sp³-hybridized carbons (Fsp3) is 0.200. The number of aryl methyl sites for hydroxylation is 1. The quantitative estimate of drug-likeness (QED) is 0.570. The zero-order valence-electron chi connectivity index (χ0n) is 16.0. The summed E-state index contributed by atoms with van der Waals surface area (Å²) < 4.78 is 46.4. The summed E-state index contributed by atoms with van der Waals surface area (Å²) in [6.45, 7) is 4.34. The summed E-state index contributed by atoms with van der Waals surface area (Å²) in [7, 11) is -4.02. The summed E-state index contributed by atoms with van der Waals surface area (Å²) in [5.74, 6) is 0.799. The molecule has 0 aliphatic carbocycles. The van der Waals surface area contributed by atoms with E-state index in [4.69, 9.17) is 4.74 Å². The van der Waals surface area contributed by atoms with Gasteiger partial charge in [-0.1, -0.05) is 19.1 Å². The number of halogens is 1. The first-order valence-corrected chi connectivity index (χ1v) is 10.5. The third-order valence-electron chi connectivity index (χ3n) is 3.80. The van der Waals surface area contributed by atoms with Gasteiger partial charge in [-0.25, -0.2) is 17.8 Å². The van der Waals surface area contributed by atoms with Crippen LogP contribution >= 0.6 is 0 Å². The van der Waals surface area contributed by atoms with E-state index >= 15 is 0 Å². The van der Waals surface area contributed by atoms with Crippen LogP contribution < -0.4 is 14.8 Å². The lowest BCUT2D eigenvalue weighted by molar-refractivity contribution is 0.304. The van der Waals surface area contributed by atoms with Gasteiger partial charge in [0.05, 0.1) is 6.61 Å². The molecule has 0 spiro atoms. The molecule has 152 valence electrons. The van der Waals surface area contributed by atoms with Crippen molar-refractivity contribution in [3.05, 3.63) is 66.2 Å². The van der Waals surface area contributed by atoms with E-state index < -0.39 is 20.7 Å². The van der Waals surface area contributed by atoms with E-state index in [1.807, 2.05) is 6.92 Å². The predicted octanol–water partition coefficient (Wildman–Crippen LogP) is 4.26. The molecule has 3 aromatic rings. The summed E-state index contributed by atoms with van der Waals surface area (Å²) >= 11 is 0. The molecule has 0 fully saturated rings. The maximum Gasteiger partial charge on any atom is 0.264 e. The highest BCUT2D eigenvalue weighted by Crippen LogP contribution is 2.23. The second-order valence-electron chi connectivity index (χ2n) is 6.23. The van der Waals surface area contributed by atoms with Crippen molar-refractivity contribution in [2.45, 2.75) is 25.2 Å². The van der Waals surface area contributed by atoms with E-state index in [-0.39, 0.29) is 0 Å². The number of sulfonamides is 1. The molecule has 1 heterocycles. The Morgan fingerprint density at radius 1 is 1.03 bits per heavy atom. The maximum absolute atomic E-state index is 13.8. The molecule has 0 radical (unpaired) electrons. The van der Waals surface area contributed by atoms with Gasteiger partial charge in [-0.05, 0) is 49.7 Å². The number of anilines is 3. The summed E-state index contributed by atoms with van der Waals surface area (Å²) in [5, 5.41) is 3.12. The summed E-state index contributed by atoms with van der Waals surface area (Å²) in [4.78, 5) is 8.13. The van der Waals surface area contributed by atoms with E-state index in [9.17, 15) is 12.8 Å². The lowest BCUT2D eigenvalue weighted by Crippen LogP contribution is -2.14. The number of rotatable bonds is 8. The Morgan fingerprint density at radius 3 is 2.41 bits per heavy atom. The smallest absolute Gasteiger partial charge is 0.264 e. The predicted molar refractivity (Wildman–Crippen MR) is 109 cm³/mol. The van der Waals surface area contributed by atoms with E-state index in [1.165, 1.54) is 18.2 Å². The molecule has 0 aliphatic heterocycles. The van der Waals surface area contributed by atoms with Gasteiger partial charge in [0.2, 0.25) is 5.88 Å². The monoisotopic (exact) mass is 416 g/mol. The van der Waals surface area contributed by atoms with Crippen molar-refractivity contribution >= 4 is 27.2 Å². The molecule has 0 unspecified atom stereocenters. The molecule has 1 aromatic heterocycles. The Morgan fingerprint density at radius 2 is 1.72 bits per heavy atom. The van der Waals surface area contributed by atoms with Gasteiger partial charge in [-0.15, -0.1) is 0 Å². The molecule has 0 aliphatic rings. The molecule has 9 heteroatoms. The summed E-state index contributed by atoms with van der Waals surface area (Å²) in [6, 6.07) is 13.4. The van der Waals surface area contributed by atoms with E-state index in [1.54, 1.807) is 37.3 Å². The van der Waals surface area contributed by atoms with Crippen molar-refractivity contribution in [3.63, 3.8) is 0 Å². The summed E-state index contributed by atoms with van der Waals surface area (Å²) in [6.07, 6.45) is 0.871. The van der Waals surface area contributed by atoms with Crippen LogP contribution in [0.25, 0.3) is 0 Å². The van der Waals surface area contributed by atoms with Gasteiger partial charge >= 0.3 is 0 Å². The van der Waals surface area contributed by atoms with Crippen LogP contribution in [0.15, 0.2) is 59.5 Å². The van der Waals surface area contributed by atoms with Gasteiger partial charge in [0.25, 0.3) is 10.0 Å². The van der Waals surface area contributed by atoms with Crippen LogP contribution in [0.4, 0.5) is 21.6 Å². The Balaban J connectivity index is 1.72. The van der Waals surface area contributed by atoms with Crippen LogP contribution in [0.2, 0.25) is 0 Å².